The van der Waals surface area contributed by atoms with Gasteiger partial charge in [-0.3, -0.25) is 9.59 Å². The fourth-order valence-corrected chi connectivity index (χ4v) is 3.20. The van der Waals surface area contributed by atoms with Gasteiger partial charge in [0.25, 0.3) is 0 Å². The van der Waals surface area contributed by atoms with Crippen molar-refractivity contribution in [2.24, 2.45) is 0 Å². The first-order valence-corrected chi connectivity index (χ1v) is 9.59. The molecule has 2 aromatic rings. The summed E-state index contributed by atoms with van der Waals surface area (Å²) in [5.74, 6) is -0.535. The van der Waals surface area contributed by atoms with E-state index in [2.05, 4.69) is 10.6 Å². The summed E-state index contributed by atoms with van der Waals surface area (Å²) in [5, 5.41) is 5.89. The second-order valence-corrected chi connectivity index (χ2v) is 7.20. The Labute approximate surface area is 170 Å². The fourth-order valence-electron chi connectivity index (χ4n) is 3.20. The molecule has 0 fully saturated rings. The average molecular weight is 395 g/mol. The first-order chi connectivity index (χ1) is 13.8. The molecule has 0 atom stereocenters. The highest BCUT2D eigenvalue weighted by Gasteiger charge is 2.22. The van der Waals surface area contributed by atoms with Gasteiger partial charge in [0.15, 0.2) is 0 Å². The lowest BCUT2D eigenvalue weighted by molar-refractivity contribution is -0.116. The normalized spacial score (nSPS) is 12.5. The summed E-state index contributed by atoms with van der Waals surface area (Å²) >= 11 is 0. The number of nitrogens with one attached hydrogen (secondary N) is 2. The molecule has 2 amide bonds. The molecule has 0 radical (unpaired) electrons. The molecule has 0 spiro atoms. The number of benzene rings is 2. The number of carbonyl (C=O) groups excluding carboxylic acids is 3. The SMILES string of the molecule is CC(=O)N1CCc2cc(NC(=O)CNc3ccc(C(=O)OC(C)C)cc3)ccc21. The molecule has 2 aromatic carbocycles. The van der Waals surface area contributed by atoms with E-state index in [9.17, 15) is 14.4 Å². The lowest BCUT2D eigenvalue weighted by Gasteiger charge is -2.15. The average Bonchev–Trinajstić information content (AvgIpc) is 3.10. The second kappa shape index (κ2) is 8.77. The molecule has 0 aromatic heterocycles. The van der Waals surface area contributed by atoms with Gasteiger partial charge in [0.1, 0.15) is 0 Å². The Morgan fingerprint density at radius 3 is 2.41 bits per heavy atom. The van der Waals surface area contributed by atoms with Gasteiger partial charge in [0.2, 0.25) is 11.8 Å². The van der Waals surface area contributed by atoms with Crippen LogP contribution in [0.5, 0.6) is 0 Å². The lowest BCUT2D eigenvalue weighted by atomic mass is 10.1. The van der Waals surface area contributed by atoms with E-state index >= 15 is 0 Å². The number of carbonyl (C=O) groups is 3. The Morgan fingerprint density at radius 1 is 1.07 bits per heavy atom. The number of hydrogen-bond donors (Lipinski definition) is 2. The number of anilines is 3. The van der Waals surface area contributed by atoms with Gasteiger partial charge in [0.05, 0.1) is 18.2 Å². The Balaban J connectivity index is 1.53. The molecular formula is C22H25N3O4. The molecule has 0 bridgehead atoms. The van der Waals surface area contributed by atoms with Crippen LogP contribution in [0.2, 0.25) is 0 Å². The highest BCUT2D eigenvalue weighted by atomic mass is 16.5. The third-order valence-electron chi connectivity index (χ3n) is 4.56. The number of fused-ring (bicyclic) bond motifs is 1. The van der Waals surface area contributed by atoms with Gasteiger partial charge >= 0.3 is 5.97 Å². The summed E-state index contributed by atoms with van der Waals surface area (Å²) in [6.07, 6.45) is 0.608. The summed E-state index contributed by atoms with van der Waals surface area (Å²) < 4.78 is 5.15. The molecule has 7 heteroatoms. The van der Waals surface area contributed by atoms with Crippen LogP contribution in [0, 0.1) is 0 Å². The minimum Gasteiger partial charge on any atom is -0.459 e. The smallest absolute Gasteiger partial charge is 0.338 e. The van der Waals surface area contributed by atoms with Gasteiger partial charge < -0.3 is 20.3 Å². The van der Waals surface area contributed by atoms with E-state index < -0.39 is 0 Å². The van der Waals surface area contributed by atoms with Crippen LogP contribution in [0.15, 0.2) is 42.5 Å². The molecule has 1 aliphatic heterocycles. The molecule has 7 nitrogen and oxygen atoms in total. The van der Waals surface area contributed by atoms with Gasteiger partial charge in [-0.25, -0.2) is 4.79 Å². The quantitative estimate of drug-likeness (QED) is 0.734. The van der Waals surface area contributed by atoms with E-state index in [0.29, 0.717) is 17.8 Å². The predicted molar refractivity (Wildman–Crippen MR) is 112 cm³/mol. The van der Waals surface area contributed by atoms with Crippen molar-refractivity contribution in [1.29, 1.82) is 0 Å². The molecule has 29 heavy (non-hydrogen) atoms. The zero-order valence-corrected chi connectivity index (χ0v) is 16.8. The minimum atomic E-state index is -0.371. The van der Waals surface area contributed by atoms with Crippen LogP contribution in [0.25, 0.3) is 0 Å². The summed E-state index contributed by atoms with van der Waals surface area (Å²) in [4.78, 5) is 37.4. The van der Waals surface area contributed by atoms with Gasteiger partial charge in [0, 0.05) is 30.5 Å². The Hall–Kier alpha value is -3.35. The molecule has 152 valence electrons. The zero-order valence-electron chi connectivity index (χ0n) is 16.8. The second-order valence-electron chi connectivity index (χ2n) is 7.20. The third kappa shape index (κ3) is 5.13. The molecule has 3 rings (SSSR count). The van der Waals surface area contributed by atoms with Crippen LogP contribution < -0.4 is 15.5 Å². The first kappa shape index (κ1) is 20.4. The number of esters is 1. The minimum absolute atomic E-state index is 0.0215. The fraction of sp³-hybridized carbons (Fsp3) is 0.318. The maximum absolute atomic E-state index is 12.2. The standard InChI is InChI=1S/C22H25N3O4/c1-14(2)29-22(28)16-4-6-18(7-5-16)23-13-21(27)24-19-8-9-20-17(12-19)10-11-25(20)15(3)26/h4-9,12,14,23H,10-11,13H2,1-3H3,(H,24,27). The highest BCUT2D eigenvalue weighted by molar-refractivity contribution is 5.96. The Morgan fingerprint density at radius 2 is 1.76 bits per heavy atom. The van der Waals surface area contributed by atoms with Crippen molar-refractivity contribution in [2.45, 2.75) is 33.3 Å². The lowest BCUT2D eigenvalue weighted by Crippen LogP contribution is -2.25. The van der Waals surface area contributed by atoms with Gasteiger partial charge in [-0.1, -0.05) is 0 Å². The number of amides is 2. The molecule has 0 unspecified atom stereocenters. The van der Waals surface area contributed by atoms with Crippen LogP contribution in [-0.4, -0.2) is 37.0 Å². The van der Waals surface area contributed by atoms with Crippen molar-refractivity contribution in [2.75, 3.05) is 28.6 Å². The van der Waals surface area contributed by atoms with E-state index in [1.54, 1.807) is 56.0 Å². The van der Waals surface area contributed by atoms with Crippen LogP contribution in [0.3, 0.4) is 0 Å². The summed E-state index contributed by atoms with van der Waals surface area (Å²) in [6.45, 7) is 5.91. The number of ether oxygens (including phenoxy) is 1. The topological polar surface area (TPSA) is 87.7 Å². The molecule has 1 aliphatic rings. The molecular weight excluding hydrogens is 370 g/mol. The van der Waals surface area contributed by atoms with Gasteiger partial charge in [-0.2, -0.15) is 0 Å². The predicted octanol–water partition coefficient (Wildman–Crippen LogP) is 3.21. The number of rotatable bonds is 6. The Bertz CT molecular complexity index is 922. The van der Waals surface area contributed by atoms with E-state index in [1.807, 2.05) is 12.1 Å². The molecule has 2 N–H and O–H groups in total. The van der Waals surface area contributed by atoms with E-state index in [1.165, 1.54) is 0 Å². The third-order valence-corrected chi connectivity index (χ3v) is 4.56. The largest absolute Gasteiger partial charge is 0.459 e. The summed E-state index contributed by atoms with van der Waals surface area (Å²) in [6, 6.07) is 12.4. The van der Waals surface area contributed by atoms with Crippen molar-refractivity contribution in [3.05, 3.63) is 53.6 Å². The van der Waals surface area contributed by atoms with Crippen molar-refractivity contribution < 1.29 is 19.1 Å². The summed E-state index contributed by atoms with van der Waals surface area (Å²) in [5.41, 5.74) is 3.85. The van der Waals surface area contributed by atoms with Crippen LogP contribution in [0.4, 0.5) is 17.1 Å². The van der Waals surface area contributed by atoms with Crippen LogP contribution in [0.1, 0.15) is 36.7 Å². The molecule has 1 heterocycles. The van der Waals surface area contributed by atoms with E-state index in [4.69, 9.17) is 4.74 Å². The van der Waals surface area contributed by atoms with Crippen molar-refractivity contribution >= 4 is 34.8 Å². The van der Waals surface area contributed by atoms with Crippen LogP contribution >= 0.6 is 0 Å². The Kier molecular flexibility index (Phi) is 6.16. The van der Waals surface area contributed by atoms with Crippen LogP contribution in [-0.2, 0) is 20.7 Å². The maximum Gasteiger partial charge on any atom is 0.338 e. The maximum atomic E-state index is 12.2. The molecule has 0 saturated heterocycles. The number of nitrogens with zero attached hydrogens (tertiary/aromatic N) is 1. The number of hydrogen-bond acceptors (Lipinski definition) is 5. The first-order valence-electron chi connectivity index (χ1n) is 9.59. The van der Waals surface area contributed by atoms with Gasteiger partial charge in [-0.15, -0.1) is 0 Å². The van der Waals surface area contributed by atoms with E-state index in [-0.39, 0.29) is 30.4 Å². The van der Waals surface area contributed by atoms with Gasteiger partial charge in [-0.05, 0) is 68.3 Å². The monoisotopic (exact) mass is 395 g/mol. The van der Waals surface area contributed by atoms with Crippen molar-refractivity contribution in [3.8, 4) is 0 Å². The molecule has 0 aliphatic carbocycles. The zero-order chi connectivity index (χ0) is 21.0. The van der Waals surface area contributed by atoms with Crippen molar-refractivity contribution in [1.82, 2.24) is 0 Å². The summed E-state index contributed by atoms with van der Waals surface area (Å²) in [7, 11) is 0. The molecule has 0 saturated carbocycles. The van der Waals surface area contributed by atoms with E-state index in [0.717, 1.165) is 23.4 Å². The highest BCUT2D eigenvalue weighted by Crippen LogP contribution is 2.30. The van der Waals surface area contributed by atoms with Crippen molar-refractivity contribution in [3.63, 3.8) is 0 Å².